The van der Waals surface area contributed by atoms with Crippen LogP contribution >= 0.6 is 0 Å². The van der Waals surface area contributed by atoms with Gasteiger partial charge in [-0.1, -0.05) is 66.8 Å². The average molecular weight is 462 g/mol. The number of fused-ring (bicyclic) bond motifs is 4. The molecule has 0 saturated heterocycles. The Morgan fingerprint density at radius 1 is 0.667 bits per heavy atom. The van der Waals surface area contributed by atoms with Gasteiger partial charge in [-0.2, -0.15) is 0 Å². The van der Waals surface area contributed by atoms with Gasteiger partial charge in [0.05, 0.1) is 22.4 Å². The first-order valence-electron chi connectivity index (χ1n) is 12.3. The van der Waals surface area contributed by atoms with Crippen molar-refractivity contribution in [3.8, 4) is 0 Å². The molecule has 5 aromatic rings. The zero-order valence-electron chi connectivity index (χ0n) is 19.7. The first-order valence-corrected chi connectivity index (χ1v) is 12.3. The SMILES string of the molecule is C1=CCC=C(B2N(c3ccccc3)c3ccccc3N2c2cc3cccnc3c3ncccc23)C=C1. The van der Waals surface area contributed by atoms with Gasteiger partial charge in [-0.25, -0.2) is 0 Å². The summed E-state index contributed by atoms with van der Waals surface area (Å²) in [5.74, 6) is 0. The molecule has 0 saturated carbocycles. The molecule has 1 aliphatic carbocycles. The highest BCUT2D eigenvalue weighted by Gasteiger charge is 2.44. The van der Waals surface area contributed by atoms with Gasteiger partial charge in [0.2, 0.25) is 0 Å². The molecule has 7 rings (SSSR count). The highest BCUT2D eigenvalue weighted by atomic mass is 15.3. The van der Waals surface area contributed by atoms with E-state index in [1.807, 2.05) is 24.5 Å². The maximum absolute atomic E-state index is 4.79. The standard InChI is InChI=1S/C31H23BN4/c1-2-5-14-24(13-4-1)32-35(25-15-6-3-7-16-25)27-18-8-9-19-28(27)36(32)29-22-23-12-10-20-33-30(23)31-26(29)17-11-21-34-31/h1-4,6-22H,5H2. The number of aromatic nitrogens is 2. The Hall–Kier alpha value is -4.64. The van der Waals surface area contributed by atoms with Crippen molar-refractivity contribution >= 4 is 51.5 Å². The van der Waals surface area contributed by atoms with E-state index in [0.29, 0.717) is 0 Å². The van der Waals surface area contributed by atoms with Gasteiger partial charge >= 0.3 is 6.98 Å². The third-order valence-corrected chi connectivity index (χ3v) is 6.95. The molecule has 3 heterocycles. The minimum Gasteiger partial charge on any atom is -0.360 e. The maximum Gasteiger partial charge on any atom is 0.420 e. The molecular formula is C31H23BN4. The smallest absolute Gasteiger partial charge is 0.360 e. The second-order valence-corrected chi connectivity index (χ2v) is 9.04. The lowest BCUT2D eigenvalue weighted by molar-refractivity contribution is 1.34. The number of anilines is 4. The van der Waals surface area contributed by atoms with Crippen molar-refractivity contribution in [3.63, 3.8) is 0 Å². The molecule has 1 aliphatic heterocycles. The fourth-order valence-corrected chi connectivity index (χ4v) is 5.42. The second-order valence-electron chi connectivity index (χ2n) is 9.04. The summed E-state index contributed by atoms with van der Waals surface area (Å²) in [5.41, 5.74) is 7.75. The number of benzene rings is 3. The summed E-state index contributed by atoms with van der Waals surface area (Å²) in [5, 5.41) is 2.18. The lowest BCUT2D eigenvalue weighted by Crippen LogP contribution is -2.45. The number of hydrogen-bond donors (Lipinski definition) is 0. The average Bonchev–Trinajstić information content (AvgIpc) is 3.07. The van der Waals surface area contributed by atoms with Crippen LogP contribution in [0.15, 0.2) is 133 Å². The van der Waals surface area contributed by atoms with Crippen LogP contribution < -0.4 is 9.62 Å². The lowest BCUT2D eigenvalue weighted by Gasteiger charge is -2.31. The second kappa shape index (κ2) is 8.54. The summed E-state index contributed by atoms with van der Waals surface area (Å²) in [6.45, 7) is -0.0570. The van der Waals surface area contributed by atoms with Crippen LogP contribution in [0, 0.1) is 0 Å². The molecule has 0 unspecified atom stereocenters. The minimum atomic E-state index is -0.0570. The quantitative estimate of drug-likeness (QED) is 0.205. The zero-order chi connectivity index (χ0) is 23.9. The molecule has 0 N–H and O–H groups in total. The summed E-state index contributed by atoms with van der Waals surface area (Å²) in [4.78, 5) is 14.4. The Morgan fingerprint density at radius 3 is 2.28 bits per heavy atom. The highest BCUT2D eigenvalue weighted by molar-refractivity contribution is 6.80. The zero-order valence-corrected chi connectivity index (χ0v) is 19.7. The van der Waals surface area contributed by atoms with Crippen LogP contribution in [0.3, 0.4) is 0 Å². The van der Waals surface area contributed by atoms with Gasteiger partial charge < -0.3 is 9.62 Å². The first kappa shape index (κ1) is 20.7. The van der Waals surface area contributed by atoms with Crippen molar-refractivity contribution < 1.29 is 0 Å². The molecule has 0 fully saturated rings. The fourth-order valence-electron chi connectivity index (χ4n) is 5.42. The van der Waals surface area contributed by atoms with E-state index in [9.17, 15) is 0 Å². The van der Waals surface area contributed by atoms with Crippen molar-refractivity contribution in [3.05, 3.63) is 133 Å². The van der Waals surface area contributed by atoms with E-state index in [1.54, 1.807) is 0 Å². The number of pyridine rings is 2. The largest absolute Gasteiger partial charge is 0.420 e. The van der Waals surface area contributed by atoms with Gasteiger partial charge in [-0.3, -0.25) is 9.97 Å². The van der Waals surface area contributed by atoms with E-state index in [4.69, 9.17) is 4.98 Å². The van der Waals surface area contributed by atoms with Gasteiger partial charge in [0.15, 0.2) is 0 Å². The molecule has 4 nitrogen and oxygen atoms in total. The van der Waals surface area contributed by atoms with Crippen LogP contribution in [-0.4, -0.2) is 17.0 Å². The van der Waals surface area contributed by atoms with Crippen LogP contribution in [0.5, 0.6) is 0 Å². The third-order valence-electron chi connectivity index (χ3n) is 6.95. The number of nitrogens with zero attached hydrogens (tertiary/aromatic N) is 4. The van der Waals surface area contributed by atoms with Gasteiger partial charge in [-0.15, -0.1) is 0 Å². The normalized spacial score (nSPS) is 14.9. The maximum atomic E-state index is 4.79. The summed E-state index contributed by atoms with van der Waals surface area (Å²) >= 11 is 0. The van der Waals surface area contributed by atoms with Gasteiger partial charge in [0.25, 0.3) is 0 Å². The van der Waals surface area contributed by atoms with E-state index in [1.165, 1.54) is 16.8 Å². The summed E-state index contributed by atoms with van der Waals surface area (Å²) in [7, 11) is 0. The summed E-state index contributed by atoms with van der Waals surface area (Å²) < 4.78 is 0. The van der Waals surface area contributed by atoms with Crippen LogP contribution in [0.1, 0.15) is 6.42 Å². The summed E-state index contributed by atoms with van der Waals surface area (Å²) in [6, 6.07) is 29.9. The molecule has 2 aliphatic rings. The molecule has 5 heteroatoms. The third kappa shape index (κ3) is 3.24. The predicted octanol–water partition coefficient (Wildman–Crippen LogP) is 7.54. The topological polar surface area (TPSA) is 32.3 Å². The van der Waals surface area contributed by atoms with Crippen LogP contribution in [0.4, 0.5) is 22.7 Å². The highest BCUT2D eigenvalue weighted by Crippen LogP contribution is 2.49. The predicted molar refractivity (Wildman–Crippen MR) is 151 cm³/mol. The summed E-state index contributed by atoms with van der Waals surface area (Å²) in [6.07, 6.45) is 15.6. The van der Waals surface area contributed by atoms with Crippen molar-refractivity contribution in [2.24, 2.45) is 0 Å². The Labute approximate surface area is 210 Å². The minimum absolute atomic E-state index is 0.0570. The van der Waals surface area contributed by atoms with Crippen molar-refractivity contribution in [2.75, 3.05) is 9.62 Å². The van der Waals surface area contributed by atoms with E-state index in [-0.39, 0.29) is 6.98 Å². The first-order chi connectivity index (χ1) is 17.9. The fraction of sp³-hybridized carbons (Fsp3) is 0.0323. The van der Waals surface area contributed by atoms with Gasteiger partial charge in [0.1, 0.15) is 0 Å². The number of allylic oxidation sites excluding steroid dienone is 6. The van der Waals surface area contributed by atoms with Crippen molar-refractivity contribution in [1.29, 1.82) is 0 Å². The van der Waals surface area contributed by atoms with Gasteiger partial charge in [0, 0.05) is 34.5 Å². The van der Waals surface area contributed by atoms with E-state index >= 15 is 0 Å². The molecular weight excluding hydrogens is 439 g/mol. The van der Waals surface area contributed by atoms with Crippen LogP contribution in [0.25, 0.3) is 21.8 Å². The number of rotatable bonds is 3. The monoisotopic (exact) mass is 462 g/mol. The molecule has 36 heavy (non-hydrogen) atoms. The van der Waals surface area contributed by atoms with Crippen LogP contribution in [0.2, 0.25) is 0 Å². The molecule has 0 amide bonds. The van der Waals surface area contributed by atoms with Crippen molar-refractivity contribution in [1.82, 2.24) is 9.97 Å². The Bertz CT molecular complexity index is 1690. The molecule has 170 valence electrons. The molecule has 0 atom stereocenters. The Morgan fingerprint density at radius 2 is 1.42 bits per heavy atom. The Kier molecular flexibility index (Phi) is 4.91. The number of hydrogen-bond acceptors (Lipinski definition) is 4. The van der Waals surface area contributed by atoms with E-state index in [0.717, 1.165) is 39.6 Å². The number of para-hydroxylation sites is 3. The molecule has 0 radical (unpaired) electrons. The molecule has 2 aromatic heterocycles. The van der Waals surface area contributed by atoms with E-state index in [2.05, 4.69) is 118 Å². The van der Waals surface area contributed by atoms with Gasteiger partial charge in [-0.05, 0) is 60.4 Å². The van der Waals surface area contributed by atoms with Crippen molar-refractivity contribution in [2.45, 2.75) is 6.42 Å². The lowest BCUT2D eigenvalue weighted by atomic mass is 9.63. The van der Waals surface area contributed by atoms with Crippen LogP contribution in [-0.2, 0) is 0 Å². The Balaban J connectivity index is 1.55. The molecule has 0 bridgehead atoms. The van der Waals surface area contributed by atoms with E-state index < -0.39 is 0 Å². The molecule has 0 spiro atoms. The molecule has 3 aromatic carbocycles.